The lowest BCUT2D eigenvalue weighted by Crippen LogP contribution is -2.31. The summed E-state index contributed by atoms with van der Waals surface area (Å²) in [7, 11) is 3.22. The number of benzene rings is 2. The van der Waals surface area contributed by atoms with Crippen LogP contribution < -0.4 is 20.3 Å². The van der Waals surface area contributed by atoms with Gasteiger partial charge in [0.2, 0.25) is 0 Å². The molecular formula is C29H27N3O4S. The molecule has 0 fully saturated rings. The number of ketones is 1. The van der Waals surface area contributed by atoms with Crippen LogP contribution in [0.3, 0.4) is 0 Å². The first-order valence-electron chi connectivity index (χ1n) is 12.2. The summed E-state index contributed by atoms with van der Waals surface area (Å²) in [6.07, 6.45) is 1.01. The maximum atomic E-state index is 13.8. The average molecular weight is 514 g/mol. The fraction of sp³-hybridized carbons (Fsp3) is 0.241. The number of aromatic amines is 1. The molecule has 2 N–H and O–H groups in total. The number of anilines is 1. The van der Waals surface area contributed by atoms with E-state index in [2.05, 4.69) is 10.4 Å². The molecule has 0 saturated carbocycles. The van der Waals surface area contributed by atoms with Gasteiger partial charge in [-0.25, -0.2) is 4.68 Å². The van der Waals surface area contributed by atoms with Gasteiger partial charge in [-0.3, -0.25) is 14.7 Å². The number of fused-ring (bicyclic) bond motifs is 1. The Balaban J connectivity index is 1.47. The number of Topliss-reactive ketones (excluding diaryl/α,β-unsaturated/α-hetero) is 1. The fourth-order valence-corrected chi connectivity index (χ4v) is 6.58. The van der Waals surface area contributed by atoms with Crippen LogP contribution in [0.1, 0.15) is 46.2 Å². The Morgan fingerprint density at radius 3 is 2.46 bits per heavy atom. The van der Waals surface area contributed by atoms with Crippen molar-refractivity contribution in [1.29, 1.82) is 0 Å². The molecule has 3 heterocycles. The van der Waals surface area contributed by atoms with Gasteiger partial charge >= 0.3 is 0 Å². The van der Waals surface area contributed by atoms with Crippen molar-refractivity contribution in [3.8, 4) is 17.2 Å². The Bertz CT molecular complexity index is 1590. The van der Waals surface area contributed by atoms with Gasteiger partial charge in [0, 0.05) is 22.6 Å². The molecule has 0 unspecified atom stereocenters. The number of para-hydroxylation sites is 1. The number of nitrogens with zero attached hydrogens (tertiary/aromatic N) is 1. The molecule has 0 saturated heterocycles. The second-order valence-corrected chi connectivity index (χ2v) is 10.4. The molecule has 7 nitrogen and oxygen atoms in total. The van der Waals surface area contributed by atoms with E-state index in [0.29, 0.717) is 41.3 Å². The summed E-state index contributed by atoms with van der Waals surface area (Å²) in [5.41, 5.74) is 4.85. The van der Waals surface area contributed by atoms with Gasteiger partial charge in [0.15, 0.2) is 17.3 Å². The Kier molecular flexibility index (Phi) is 5.76. The van der Waals surface area contributed by atoms with Crippen LogP contribution >= 0.6 is 11.3 Å². The molecule has 2 atom stereocenters. The zero-order valence-electron chi connectivity index (χ0n) is 20.8. The van der Waals surface area contributed by atoms with Crippen molar-refractivity contribution in [2.45, 2.75) is 31.6 Å². The highest BCUT2D eigenvalue weighted by Gasteiger charge is 2.42. The summed E-state index contributed by atoms with van der Waals surface area (Å²) in [6.45, 7) is 2.04. The third-order valence-electron chi connectivity index (χ3n) is 7.34. The number of carbonyl (C=O) groups excluding carboxylic acids is 1. The Morgan fingerprint density at radius 2 is 1.76 bits per heavy atom. The normalized spacial score (nSPS) is 18.7. The summed E-state index contributed by atoms with van der Waals surface area (Å²) < 4.78 is 12.5. The van der Waals surface area contributed by atoms with Crippen LogP contribution in [0.25, 0.3) is 5.69 Å². The minimum atomic E-state index is -0.404. The topological polar surface area (TPSA) is 85.4 Å². The smallest absolute Gasteiger partial charge is 0.277 e. The van der Waals surface area contributed by atoms with E-state index < -0.39 is 5.92 Å². The van der Waals surface area contributed by atoms with E-state index >= 15 is 0 Å². The third-order valence-corrected chi connectivity index (χ3v) is 8.43. The van der Waals surface area contributed by atoms with Crippen LogP contribution in [0.15, 0.2) is 76.0 Å². The van der Waals surface area contributed by atoms with E-state index in [4.69, 9.17) is 9.47 Å². The molecule has 1 aliphatic heterocycles. The zero-order valence-corrected chi connectivity index (χ0v) is 21.6. The molecule has 6 rings (SSSR count). The number of H-pyrrole nitrogens is 1. The number of allylic oxidation sites excluding steroid dienone is 2. The number of hydrogen-bond acceptors (Lipinski definition) is 6. The van der Waals surface area contributed by atoms with Crippen molar-refractivity contribution >= 4 is 22.9 Å². The number of ether oxygens (including phenoxy) is 2. The Labute approximate surface area is 218 Å². The molecule has 0 spiro atoms. The molecule has 0 radical (unpaired) electrons. The fourth-order valence-electron chi connectivity index (χ4n) is 5.54. The first kappa shape index (κ1) is 23.4. The van der Waals surface area contributed by atoms with E-state index in [1.54, 1.807) is 30.2 Å². The third kappa shape index (κ3) is 3.79. The molecular weight excluding hydrogens is 486 g/mol. The minimum Gasteiger partial charge on any atom is -0.493 e. The molecule has 0 amide bonds. The zero-order chi connectivity index (χ0) is 25.7. The number of aryl methyl sites for hydroxylation is 1. The van der Waals surface area contributed by atoms with Gasteiger partial charge in [0.1, 0.15) is 5.82 Å². The predicted molar refractivity (Wildman–Crippen MR) is 144 cm³/mol. The molecule has 37 heavy (non-hydrogen) atoms. The standard InChI is InChI=1S/C29H27N3O4S/c1-16-11-12-37-27(16)25-24-20(30-28-26(25)29(34)32(31-28)19-7-5-4-6-8-19)13-18(14-21(24)33)17-9-10-22(35-2)23(15-17)36-3/h4-12,15,18,25,30-31H,13-14H2,1-3H3/t18-,25-/m0/s1. The Hall–Kier alpha value is -4.04. The largest absolute Gasteiger partial charge is 0.493 e. The highest BCUT2D eigenvalue weighted by molar-refractivity contribution is 7.10. The number of aromatic nitrogens is 2. The Morgan fingerprint density at radius 1 is 0.973 bits per heavy atom. The van der Waals surface area contributed by atoms with E-state index in [1.165, 1.54) is 0 Å². The van der Waals surface area contributed by atoms with Crippen LogP contribution in [0, 0.1) is 6.92 Å². The highest BCUT2D eigenvalue weighted by Crippen LogP contribution is 2.49. The minimum absolute atomic E-state index is 0.0203. The van der Waals surface area contributed by atoms with Crippen molar-refractivity contribution in [1.82, 2.24) is 9.78 Å². The van der Waals surface area contributed by atoms with Gasteiger partial charge in [-0.15, -0.1) is 11.3 Å². The summed E-state index contributed by atoms with van der Waals surface area (Å²) in [6, 6.07) is 17.4. The number of thiophene rings is 1. The van der Waals surface area contributed by atoms with Gasteiger partial charge in [0.05, 0.1) is 31.4 Å². The molecule has 2 aromatic heterocycles. The molecule has 2 aromatic carbocycles. The van der Waals surface area contributed by atoms with Crippen LogP contribution in [-0.4, -0.2) is 29.8 Å². The molecule has 2 aliphatic rings. The number of carbonyl (C=O) groups is 1. The quantitative estimate of drug-likeness (QED) is 0.368. The molecule has 188 valence electrons. The highest BCUT2D eigenvalue weighted by atomic mass is 32.1. The van der Waals surface area contributed by atoms with Gasteiger partial charge in [0.25, 0.3) is 5.56 Å². The first-order chi connectivity index (χ1) is 18.0. The molecule has 8 heteroatoms. The lowest BCUT2D eigenvalue weighted by molar-refractivity contribution is -0.116. The van der Waals surface area contributed by atoms with Crippen molar-refractivity contribution in [2.75, 3.05) is 19.5 Å². The van der Waals surface area contributed by atoms with Crippen LogP contribution in [0.5, 0.6) is 11.5 Å². The van der Waals surface area contributed by atoms with Crippen LogP contribution in [-0.2, 0) is 4.79 Å². The van der Waals surface area contributed by atoms with Gasteiger partial charge in [-0.2, -0.15) is 0 Å². The number of methoxy groups -OCH3 is 2. The van der Waals surface area contributed by atoms with E-state index in [-0.39, 0.29) is 17.3 Å². The monoisotopic (exact) mass is 513 g/mol. The number of nitrogens with one attached hydrogen (secondary N) is 2. The van der Waals surface area contributed by atoms with Crippen molar-refractivity contribution < 1.29 is 14.3 Å². The van der Waals surface area contributed by atoms with E-state index in [9.17, 15) is 9.59 Å². The van der Waals surface area contributed by atoms with Crippen molar-refractivity contribution in [2.24, 2.45) is 0 Å². The van der Waals surface area contributed by atoms with Gasteiger partial charge < -0.3 is 14.8 Å². The lowest BCUT2D eigenvalue weighted by Gasteiger charge is -2.34. The summed E-state index contributed by atoms with van der Waals surface area (Å²) in [5.74, 6) is 1.58. The van der Waals surface area contributed by atoms with Crippen molar-refractivity contribution in [3.63, 3.8) is 0 Å². The molecule has 4 aromatic rings. The second-order valence-electron chi connectivity index (χ2n) is 9.44. The lowest BCUT2D eigenvalue weighted by atomic mass is 9.74. The molecule has 0 bridgehead atoms. The second kappa shape index (κ2) is 9.12. The summed E-state index contributed by atoms with van der Waals surface area (Å²) in [4.78, 5) is 28.6. The summed E-state index contributed by atoms with van der Waals surface area (Å²) >= 11 is 1.59. The molecule has 1 aliphatic carbocycles. The van der Waals surface area contributed by atoms with Crippen molar-refractivity contribution in [3.05, 3.63) is 103 Å². The maximum absolute atomic E-state index is 13.8. The maximum Gasteiger partial charge on any atom is 0.277 e. The average Bonchev–Trinajstić information content (AvgIpc) is 3.49. The van der Waals surface area contributed by atoms with Gasteiger partial charge in [-0.05, 0) is 66.1 Å². The van der Waals surface area contributed by atoms with Crippen LogP contribution in [0.4, 0.5) is 5.82 Å². The number of hydrogen-bond donors (Lipinski definition) is 2. The van der Waals surface area contributed by atoms with E-state index in [1.807, 2.05) is 66.9 Å². The van der Waals surface area contributed by atoms with Gasteiger partial charge in [-0.1, -0.05) is 24.3 Å². The number of rotatable bonds is 5. The van der Waals surface area contributed by atoms with E-state index in [0.717, 1.165) is 27.4 Å². The summed E-state index contributed by atoms with van der Waals surface area (Å²) in [5, 5.41) is 8.76. The first-order valence-corrected chi connectivity index (χ1v) is 13.1. The predicted octanol–water partition coefficient (Wildman–Crippen LogP) is 5.51. The SMILES string of the molecule is COc1ccc([C@@H]2CC(=O)C3=C(C2)Nc2[nH]n(-c4ccccc4)c(=O)c2[C@H]3c2sccc2C)cc1OC. The van der Waals surface area contributed by atoms with Crippen LogP contribution in [0.2, 0.25) is 0 Å².